The number of para-hydroxylation sites is 1. The fourth-order valence-corrected chi connectivity index (χ4v) is 4.20. The number of hydrogen-bond donors (Lipinski definition) is 2. The second-order valence-corrected chi connectivity index (χ2v) is 8.62. The van der Waals surface area contributed by atoms with Gasteiger partial charge in [0, 0.05) is 5.69 Å². The number of carbonyl (C=O) groups is 3. The number of nitrogens with zero attached hydrogens (tertiary/aromatic N) is 2. The number of methoxy groups -OCH3 is 1. The fraction of sp³-hybridized carbons (Fsp3) is 0.185. The summed E-state index contributed by atoms with van der Waals surface area (Å²) in [5.41, 5.74) is 5.02. The molecule has 36 heavy (non-hydrogen) atoms. The lowest BCUT2D eigenvalue weighted by Crippen LogP contribution is -2.50. The maximum absolute atomic E-state index is 13.4. The van der Waals surface area contributed by atoms with Gasteiger partial charge in [0.05, 0.1) is 26.5 Å². The van der Waals surface area contributed by atoms with E-state index in [0.717, 1.165) is 11.1 Å². The van der Waals surface area contributed by atoms with Crippen LogP contribution in [-0.2, 0) is 27.3 Å². The molecule has 2 N–H and O–H groups in total. The molecule has 1 heterocycles. The van der Waals surface area contributed by atoms with Crippen LogP contribution >= 0.6 is 12.2 Å². The molecule has 8 nitrogen and oxygen atoms in total. The van der Waals surface area contributed by atoms with E-state index in [9.17, 15) is 14.4 Å². The number of ether oxygens (including phenoxy) is 1. The number of hydrazine groups is 1. The van der Waals surface area contributed by atoms with Gasteiger partial charge in [-0.05, 0) is 47.6 Å². The number of hydrogen-bond acceptors (Lipinski definition) is 5. The van der Waals surface area contributed by atoms with Gasteiger partial charge in [0.25, 0.3) is 5.91 Å². The van der Waals surface area contributed by atoms with Crippen LogP contribution in [0.3, 0.4) is 0 Å². The van der Waals surface area contributed by atoms with Crippen LogP contribution in [0.4, 0.5) is 5.69 Å². The Balaban J connectivity index is 1.50. The Bertz CT molecular complexity index is 1240. The Morgan fingerprint density at radius 1 is 0.889 bits per heavy atom. The van der Waals surface area contributed by atoms with Crippen molar-refractivity contribution in [3.63, 3.8) is 0 Å². The third kappa shape index (κ3) is 6.05. The van der Waals surface area contributed by atoms with Crippen molar-refractivity contribution in [1.29, 1.82) is 0 Å². The zero-order valence-corrected chi connectivity index (χ0v) is 20.5. The van der Waals surface area contributed by atoms with Gasteiger partial charge in [-0.1, -0.05) is 60.7 Å². The molecule has 1 fully saturated rings. The van der Waals surface area contributed by atoms with Gasteiger partial charge in [-0.15, -0.1) is 0 Å². The Kier molecular flexibility index (Phi) is 7.92. The molecule has 3 aromatic carbocycles. The van der Waals surface area contributed by atoms with Gasteiger partial charge in [-0.25, -0.2) is 5.01 Å². The summed E-state index contributed by atoms with van der Waals surface area (Å²) < 4.78 is 5.16. The number of rotatable bonds is 9. The minimum atomic E-state index is -0.968. The Labute approximate surface area is 214 Å². The zero-order valence-electron chi connectivity index (χ0n) is 19.7. The third-order valence-electron chi connectivity index (χ3n) is 5.69. The first kappa shape index (κ1) is 24.9. The lowest BCUT2D eigenvalue weighted by Gasteiger charge is -2.24. The van der Waals surface area contributed by atoms with E-state index in [0.29, 0.717) is 11.4 Å². The van der Waals surface area contributed by atoms with Gasteiger partial charge >= 0.3 is 0 Å². The Morgan fingerprint density at radius 3 is 2.17 bits per heavy atom. The third-order valence-corrected chi connectivity index (χ3v) is 6.11. The number of benzene rings is 3. The van der Waals surface area contributed by atoms with E-state index < -0.39 is 6.04 Å². The standard InChI is InChI=1S/C27H26N4O4S/c1-35-22-14-12-19(13-15-22)16-25(33)29-31-23(17-24(32)28-21-10-6-3-7-11-21)26(34)30(27(31)36)18-20-8-4-2-5-9-20/h2-15,23H,16-18H2,1H3,(H,28,32)(H,29,33). The first-order valence-corrected chi connectivity index (χ1v) is 11.8. The van der Waals surface area contributed by atoms with Crippen molar-refractivity contribution in [1.82, 2.24) is 15.3 Å². The van der Waals surface area contributed by atoms with Crippen LogP contribution in [0, 0.1) is 0 Å². The molecule has 0 bridgehead atoms. The molecular weight excluding hydrogens is 476 g/mol. The molecular formula is C27H26N4O4S. The highest BCUT2D eigenvalue weighted by Gasteiger charge is 2.44. The van der Waals surface area contributed by atoms with Crippen LogP contribution in [0.15, 0.2) is 84.9 Å². The molecule has 0 saturated carbocycles. The topological polar surface area (TPSA) is 91.0 Å². The Morgan fingerprint density at radius 2 is 1.53 bits per heavy atom. The van der Waals surface area contributed by atoms with Crippen LogP contribution in [0.2, 0.25) is 0 Å². The molecule has 4 rings (SSSR count). The number of carbonyl (C=O) groups excluding carboxylic acids is 3. The van der Waals surface area contributed by atoms with Crippen molar-refractivity contribution in [2.24, 2.45) is 0 Å². The fourth-order valence-electron chi connectivity index (χ4n) is 3.88. The minimum Gasteiger partial charge on any atom is -0.497 e. The smallest absolute Gasteiger partial charge is 0.254 e. The summed E-state index contributed by atoms with van der Waals surface area (Å²) in [5.74, 6) is -0.382. The summed E-state index contributed by atoms with van der Waals surface area (Å²) in [7, 11) is 1.57. The number of anilines is 1. The van der Waals surface area contributed by atoms with E-state index in [1.807, 2.05) is 36.4 Å². The van der Waals surface area contributed by atoms with Crippen molar-refractivity contribution in [2.75, 3.05) is 12.4 Å². The number of amides is 3. The molecule has 9 heteroatoms. The molecule has 0 aromatic heterocycles. The SMILES string of the molecule is COc1ccc(CC(=O)NN2C(=S)N(Cc3ccccc3)C(=O)C2CC(=O)Nc2ccccc2)cc1. The molecule has 0 spiro atoms. The minimum absolute atomic E-state index is 0.0684. The lowest BCUT2D eigenvalue weighted by molar-refractivity contribution is -0.132. The quantitative estimate of drug-likeness (QED) is 0.437. The molecule has 1 saturated heterocycles. The monoisotopic (exact) mass is 502 g/mol. The van der Waals surface area contributed by atoms with Gasteiger partial charge in [-0.2, -0.15) is 0 Å². The van der Waals surface area contributed by atoms with Crippen molar-refractivity contribution in [3.8, 4) is 5.75 Å². The van der Waals surface area contributed by atoms with Crippen LogP contribution in [0.1, 0.15) is 17.5 Å². The van der Waals surface area contributed by atoms with Crippen LogP contribution in [-0.4, -0.2) is 45.9 Å². The summed E-state index contributed by atoms with van der Waals surface area (Å²) in [5, 5.41) is 4.26. The molecule has 1 aliphatic rings. The molecule has 1 unspecified atom stereocenters. The normalized spacial score (nSPS) is 15.1. The predicted octanol–water partition coefficient (Wildman–Crippen LogP) is 3.30. The van der Waals surface area contributed by atoms with Crippen molar-refractivity contribution >= 4 is 40.7 Å². The van der Waals surface area contributed by atoms with Gasteiger partial charge in [0.1, 0.15) is 11.8 Å². The molecule has 0 aliphatic carbocycles. The molecule has 0 radical (unpaired) electrons. The summed E-state index contributed by atoms with van der Waals surface area (Å²) in [6.07, 6.45) is -0.110. The summed E-state index contributed by atoms with van der Waals surface area (Å²) in [6.45, 7) is 0.236. The number of thiocarbonyl (C=S) groups is 1. The highest BCUT2D eigenvalue weighted by Crippen LogP contribution is 2.22. The van der Waals surface area contributed by atoms with E-state index in [4.69, 9.17) is 17.0 Å². The van der Waals surface area contributed by atoms with Crippen molar-refractivity contribution in [2.45, 2.75) is 25.4 Å². The van der Waals surface area contributed by atoms with Gasteiger partial charge in [0.2, 0.25) is 11.8 Å². The average Bonchev–Trinajstić information content (AvgIpc) is 3.09. The largest absolute Gasteiger partial charge is 0.497 e. The Hall–Kier alpha value is -4.24. The van der Waals surface area contributed by atoms with E-state index >= 15 is 0 Å². The van der Waals surface area contributed by atoms with Crippen molar-refractivity contribution in [3.05, 3.63) is 96.1 Å². The maximum atomic E-state index is 13.4. The summed E-state index contributed by atoms with van der Waals surface area (Å²) in [6, 6.07) is 24.5. The first-order chi connectivity index (χ1) is 17.4. The second kappa shape index (κ2) is 11.5. The highest BCUT2D eigenvalue weighted by atomic mass is 32.1. The van der Waals surface area contributed by atoms with Crippen LogP contribution < -0.4 is 15.5 Å². The van der Waals surface area contributed by atoms with E-state index in [-0.39, 0.29) is 42.2 Å². The lowest BCUT2D eigenvalue weighted by atomic mass is 10.1. The summed E-state index contributed by atoms with van der Waals surface area (Å²) >= 11 is 5.58. The van der Waals surface area contributed by atoms with Crippen molar-refractivity contribution < 1.29 is 19.1 Å². The second-order valence-electron chi connectivity index (χ2n) is 8.26. The molecule has 1 atom stereocenters. The average molecular weight is 503 g/mol. The molecule has 3 amide bonds. The van der Waals surface area contributed by atoms with E-state index in [1.165, 1.54) is 9.91 Å². The molecule has 1 aliphatic heterocycles. The van der Waals surface area contributed by atoms with Crippen LogP contribution in [0.25, 0.3) is 0 Å². The van der Waals surface area contributed by atoms with E-state index in [2.05, 4.69) is 10.7 Å². The van der Waals surface area contributed by atoms with Gasteiger partial charge in [0.15, 0.2) is 5.11 Å². The molecule has 3 aromatic rings. The van der Waals surface area contributed by atoms with Gasteiger partial charge < -0.3 is 10.1 Å². The summed E-state index contributed by atoms with van der Waals surface area (Å²) in [4.78, 5) is 40.5. The maximum Gasteiger partial charge on any atom is 0.254 e. The van der Waals surface area contributed by atoms with Gasteiger partial charge in [-0.3, -0.25) is 24.7 Å². The molecule has 184 valence electrons. The predicted molar refractivity (Wildman–Crippen MR) is 140 cm³/mol. The zero-order chi connectivity index (χ0) is 25.5. The highest BCUT2D eigenvalue weighted by molar-refractivity contribution is 7.80. The van der Waals surface area contributed by atoms with Crippen LogP contribution in [0.5, 0.6) is 5.75 Å². The van der Waals surface area contributed by atoms with E-state index in [1.54, 1.807) is 55.6 Å². The number of nitrogens with one attached hydrogen (secondary N) is 2. The first-order valence-electron chi connectivity index (χ1n) is 11.4.